The summed E-state index contributed by atoms with van der Waals surface area (Å²) in [4.78, 5) is 24.0. The number of aryl methyl sites for hydroxylation is 1. The van der Waals surface area contributed by atoms with Crippen LogP contribution < -0.4 is 25.6 Å². The maximum atomic E-state index is 12.2. The van der Waals surface area contributed by atoms with Gasteiger partial charge in [0.05, 0.1) is 6.61 Å². The fourth-order valence-corrected chi connectivity index (χ4v) is 2.27. The van der Waals surface area contributed by atoms with E-state index in [2.05, 4.69) is 16.2 Å². The molecule has 0 aromatic heterocycles. The van der Waals surface area contributed by atoms with Crippen molar-refractivity contribution in [3.63, 3.8) is 0 Å². The lowest BCUT2D eigenvalue weighted by atomic mass is 10.2. The third kappa shape index (κ3) is 6.59. The second-order valence-corrected chi connectivity index (χ2v) is 5.88. The molecule has 0 atom stereocenters. The molecule has 2 aromatic carbocycles. The number of hydrogen-bond acceptors (Lipinski definition) is 5. The Bertz CT molecular complexity index is 826. The number of para-hydroxylation sites is 1. The highest BCUT2D eigenvalue weighted by atomic mass is 32.1. The number of hydrazine groups is 1. The molecule has 0 aliphatic carbocycles. The van der Waals surface area contributed by atoms with E-state index in [1.165, 1.54) is 0 Å². The molecule has 142 valence electrons. The van der Waals surface area contributed by atoms with Gasteiger partial charge < -0.3 is 9.47 Å². The summed E-state index contributed by atoms with van der Waals surface area (Å²) >= 11 is 5.00. The quantitative estimate of drug-likeness (QED) is 0.520. The molecule has 0 bridgehead atoms. The third-order valence-corrected chi connectivity index (χ3v) is 3.61. The highest BCUT2D eigenvalue weighted by Gasteiger charge is 2.10. The monoisotopic (exact) mass is 387 g/mol. The van der Waals surface area contributed by atoms with E-state index in [0.29, 0.717) is 23.7 Å². The number of thiocarbonyl (C=S) groups is 1. The first-order valence-electron chi connectivity index (χ1n) is 8.31. The van der Waals surface area contributed by atoms with Crippen LogP contribution in [0.3, 0.4) is 0 Å². The summed E-state index contributed by atoms with van der Waals surface area (Å²) in [6.07, 6.45) is 0. The highest BCUT2D eigenvalue weighted by molar-refractivity contribution is 7.80. The maximum absolute atomic E-state index is 12.2. The molecule has 0 saturated carbocycles. The summed E-state index contributed by atoms with van der Waals surface area (Å²) in [7, 11) is 0. The molecule has 27 heavy (non-hydrogen) atoms. The van der Waals surface area contributed by atoms with Crippen molar-refractivity contribution in [2.75, 3.05) is 13.2 Å². The first-order chi connectivity index (χ1) is 13.0. The number of rotatable bonds is 6. The topological polar surface area (TPSA) is 88.7 Å². The van der Waals surface area contributed by atoms with Crippen LogP contribution in [0, 0.1) is 6.92 Å². The van der Waals surface area contributed by atoms with Crippen molar-refractivity contribution in [2.45, 2.75) is 13.8 Å². The Kier molecular flexibility index (Phi) is 7.57. The molecule has 0 spiro atoms. The van der Waals surface area contributed by atoms with Gasteiger partial charge in [-0.3, -0.25) is 25.8 Å². The average Bonchev–Trinajstić information content (AvgIpc) is 2.66. The fourth-order valence-electron chi connectivity index (χ4n) is 2.12. The van der Waals surface area contributed by atoms with Crippen LogP contribution in [0.25, 0.3) is 0 Å². The van der Waals surface area contributed by atoms with E-state index in [0.717, 1.165) is 5.56 Å². The van der Waals surface area contributed by atoms with E-state index in [9.17, 15) is 9.59 Å². The SMILES string of the molecule is CCOc1cccc(C(=O)NC(=S)NNC(=O)COc2ccccc2C)c1. The molecular formula is C19H21N3O4S. The number of carbonyl (C=O) groups is 2. The van der Waals surface area contributed by atoms with E-state index in [-0.39, 0.29) is 11.7 Å². The van der Waals surface area contributed by atoms with Crippen LogP contribution in [0.2, 0.25) is 0 Å². The van der Waals surface area contributed by atoms with Gasteiger partial charge in [0.2, 0.25) is 0 Å². The van der Waals surface area contributed by atoms with Gasteiger partial charge in [0.25, 0.3) is 11.8 Å². The summed E-state index contributed by atoms with van der Waals surface area (Å²) in [6.45, 7) is 4.06. The normalized spacial score (nSPS) is 9.85. The Hall–Kier alpha value is -3.13. The Morgan fingerprint density at radius 3 is 2.56 bits per heavy atom. The molecule has 0 radical (unpaired) electrons. The summed E-state index contributed by atoms with van der Waals surface area (Å²) < 4.78 is 10.8. The van der Waals surface area contributed by atoms with Crippen LogP contribution in [-0.2, 0) is 4.79 Å². The number of ether oxygens (including phenoxy) is 2. The number of carbonyl (C=O) groups excluding carboxylic acids is 2. The van der Waals surface area contributed by atoms with Crippen LogP contribution in [0.4, 0.5) is 0 Å². The van der Waals surface area contributed by atoms with Crippen LogP contribution in [-0.4, -0.2) is 30.1 Å². The first-order valence-corrected chi connectivity index (χ1v) is 8.72. The average molecular weight is 387 g/mol. The van der Waals surface area contributed by atoms with E-state index in [4.69, 9.17) is 21.7 Å². The van der Waals surface area contributed by atoms with Gasteiger partial charge in [-0.25, -0.2) is 0 Å². The fraction of sp³-hybridized carbons (Fsp3) is 0.211. The molecule has 0 heterocycles. The zero-order valence-corrected chi connectivity index (χ0v) is 15.9. The number of nitrogens with one attached hydrogen (secondary N) is 3. The lowest BCUT2D eigenvalue weighted by molar-refractivity contribution is -0.123. The Morgan fingerprint density at radius 2 is 1.81 bits per heavy atom. The van der Waals surface area contributed by atoms with Crippen LogP contribution in [0.15, 0.2) is 48.5 Å². The number of hydrogen-bond donors (Lipinski definition) is 3. The Balaban J connectivity index is 1.76. The molecule has 2 amide bonds. The van der Waals surface area contributed by atoms with Gasteiger partial charge in [-0.2, -0.15) is 0 Å². The lowest BCUT2D eigenvalue weighted by Gasteiger charge is -2.12. The summed E-state index contributed by atoms with van der Waals surface area (Å²) in [5.74, 6) is 0.357. The van der Waals surface area contributed by atoms with Crippen LogP contribution in [0.1, 0.15) is 22.8 Å². The van der Waals surface area contributed by atoms with Crippen LogP contribution >= 0.6 is 12.2 Å². The second-order valence-electron chi connectivity index (χ2n) is 5.47. The predicted octanol–water partition coefficient (Wildman–Crippen LogP) is 2.11. The molecule has 8 heteroatoms. The van der Waals surface area contributed by atoms with Gasteiger partial charge in [-0.1, -0.05) is 24.3 Å². The molecule has 7 nitrogen and oxygen atoms in total. The van der Waals surface area contributed by atoms with E-state index in [1.54, 1.807) is 30.3 Å². The second kappa shape index (κ2) is 10.1. The summed E-state index contributed by atoms with van der Waals surface area (Å²) in [6, 6.07) is 14.1. The van der Waals surface area contributed by atoms with Crippen molar-refractivity contribution >= 4 is 29.1 Å². The zero-order valence-electron chi connectivity index (χ0n) is 15.1. The Labute approximate surface area is 163 Å². The van der Waals surface area contributed by atoms with E-state index < -0.39 is 11.8 Å². The van der Waals surface area contributed by atoms with Gasteiger partial charge in [-0.15, -0.1) is 0 Å². The number of amides is 2. The van der Waals surface area contributed by atoms with Gasteiger partial charge in [-0.05, 0) is 55.9 Å². The van der Waals surface area contributed by atoms with Crippen molar-refractivity contribution in [3.8, 4) is 11.5 Å². The molecule has 0 aliphatic heterocycles. The minimum atomic E-state index is -0.437. The Morgan fingerprint density at radius 1 is 1.04 bits per heavy atom. The molecule has 2 aromatic rings. The minimum absolute atomic E-state index is 0.0361. The molecule has 3 N–H and O–H groups in total. The summed E-state index contributed by atoms with van der Waals surface area (Å²) in [5.41, 5.74) is 6.14. The van der Waals surface area contributed by atoms with Crippen molar-refractivity contribution in [2.24, 2.45) is 0 Å². The van der Waals surface area contributed by atoms with Gasteiger partial charge >= 0.3 is 0 Å². The van der Waals surface area contributed by atoms with Crippen molar-refractivity contribution in [1.29, 1.82) is 0 Å². The predicted molar refractivity (Wildman–Crippen MR) is 106 cm³/mol. The van der Waals surface area contributed by atoms with Crippen molar-refractivity contribution in [3.05, 3.63) is 59.7 Å². The third-order valence-electron chi connectivity index (χ3n) is 3.40. The number of benzene rings is 2. The van der Waals surface area contributed by atoms with Gasteiger partial charge in [0, 0.05) is 5.56 Å². The molecule has 0 unspecified atom stereocenters. The molecule has 0 saturated heterocycles. The lowest BCUT2D eigenvalue weighted by Crippen LogP contribution is -2.49. The largest absolute Gasteiger partial charge is 0.494 e. The maximum Gasteiger partial charge on any atom is 0.276 e. The molecule has 0 aliphatic rings. The zero-order chi connectivity index (χ0) is 19.6. The highest BCUT2D eigenvalue weighted by Crippen LogP contribution is 2.15. The van der Waals surface area contributed by atoms with Crippen molar-refractivity contribution < 1.29 is 19.1 Å². The molecular weight excluding hydrogens is 366 g/mol. The molecule has 0 fully saturated rings. The van der Waals surface area contributed by atoms with Crippen molar-refractivity contribution in [1.82, 2.24) is 16.2 Å². The minimum Gasteiger partial charge on any atom is -0.494 e. The van der Waals surface area contributed by atoms with Gasteiger partial charge in [0.15, 0.2) is 11.7 Å². The van der Waals surface area contributed by atoms with E-state index in [1.807, 2.05) is 32.0 Å². The van der Waals surface area contributed by atoms with Crippen LogP contribution in [0.5, 0.6) is 11.5 Å². The van der Waals surface area contributed by atoms with E-state index >= 15 is 0 Å². The standard InChI is InChI=1S/C19H21N3O4S/c1-3-25-15-9-6-8-14(11-15)18(24)20-19(27)22-21-17(23)12-26-16-10-5-4-7-13(16)2/h4-11H,3,12H2,1-2H3,(H,21,23)(H2,20,22,24,27). The molecule has 2 rings (SSSR count). The first kappa shape index (κ1) is 20.2. The smallest absolute Gasteiger partial charge is 0.276 e. The summed E-state index contributed by atoms with van der Waals surface area (Å²) in [5, 5.41) is 2.44. The van der Waals surface area contributed by atoms with Gasteiger partial charge in [0.1, 0.15) is 11.5 Å².